The molecule has 6 heteroatoms. The Bertz CT molecular complexity index is 1300. The van der Waals surface area contributed by atoms with Crippen molar-refractivity contribution < 1.29 is 19.5 Å². The van der Waals surface area contributed by atoms with Crippen LogP contribution in [0.5, 0.6) is 0 Å². The second-order valence-corrected chi connectivity index (χ2v) is 10.2. The molecule has 4 rings (SSSR count). The zero-order valence-electron chi connectivity index (χ0n) is 22.1. The Morgan fingerprint density at radius 3 is 2.74 bits per heavy atom. The molecule has 2 aromatic carbocycles. The highest BCUT2D eigenvalue weighted by molar-refractivity contribution is 5.97. The number of carboxylic acids is 1. The van der Waals surface area contributed by atoms with Gasteiger partial charge in [0.05, 0.1) is 11.8 Å². The third kappa shape index (κ3) is 6.88. The molecule has 0 spiro atoms. The van der Waals surface area contributed by atoms with E-state index in [1.54, 1.807) is 0 Å². The average molecular weight is 513 g/mol. The van der Waals surface area contributed by atoms with E-state index in [1.807, 2.05) is 62.4 Å². The topological polar surface area (TPSA) is 95.5 Å². The monoisotopic (exact) mass is 512 g/mol. The Labute approximate surface area is 224 Å². The minimum atomic E-state index is -0.840. The molecule has 0 fully saturated rings. The number of hydrogen-bond donors (Lipinski definition) is 3. The van der Waals surface area contributed by atoms with Crippen LogP contribution < -0.4 is 10.6 Å². The van der Waals surface area contributed by atoms with Crippen molar-refractivity contribution >= 4 is 29.5 Å². The molecule has 2 atom stereocenters. The highest BCUT2D eigenvalue weighted by Crippen LogP contribution is 2.30. The van der Waals surface area contributed by atoms with Crippen LogP contribution in [0.1, 0.15) is 73.3 Å². The van der Waals surface area contributed by atoms with Gasteiger partial charge in [-0.1, -0.05) is 66.3 Å². The standard InChI is InChI=1S/C32H36N2O4/c1-21-8-5-12-26(18-21)32(38)33-20-23-16-17-25(11-7-15-30(35)36)29(19-23)34-31(37)22(2)27-14-6-10-24-9-3-4-13-28(24)27/h4-6,8,10,13-14,16-19,22,26H,3,7,9,11-12,15,20H2,1-2H3,(H,33,38)(H,34,37)(H,35,36). The maximum atomic E-state index is 13.4. The van der Waals surface area contributed by atoms with Crippen molar-refractivity contribution in [3.05, 3.63) is 94.1 Å². The van der Waals surface area contributed by atoms with Crippen LogP contribution in [0.3, 0.4) is 0 Å². The fourth-order valence-electron chi connectivity index (χ4n) is 5.10. The van der Waals surface area contributed by atoms with Crippen LogP contribution in [-0.4, -0.2) is 22.9 Å². The third-order valence-electron chi connectivity index (χ3n) is 7.26. The van der Waals surface area contributed by atoms with E-state index >= 15 is 0 Å². The van der Waals surface area contributed by atoms with E-state index in [0.717, 1.165) is 40.7 Å². The molecule has 2 aromatic rings. The molecule has 2 amide bonds. The Hall–Kier alpha value is -3.93. The molecule has 0 saturated heterocycles. The second-order valence-electron chi connectivity index (χ2n) is 10.2. The lowest BCUT2D eigenvalue weighted by Crippen LogP contribution is -2.30. The van der Waals surface area contributed by atoms with Gasteiger partial charge in [-0.15, -0.1) is 0 Å². The van der Waals surface area contributed by atoms with Crippen LogP contribution >= 0.6 is 0 Å². The number of rotatable bonds is 10. The van der Waals surface area contributed by atoms with Crippen LogP contribution in [-0.2, 0) is 33.8 Å². The van der Waals surface area contributed by atoms with E-state index in [9.17, 15) is 14.4 Å². The summed E-state index contributed by atoms with van der Waals surface area (Å²) in [5.74, 6) is -1.53. The maximum absolute atomic E-state index is 13.4. The number of carbonyl (C=O) groups excluding carboxylic acids is 2. The first-order chi connectivity index (χ1) is 18.3. The molecule has 0 aromatic heterocycles. The average Bonchev–Trinajstić information content (AvgIpc) is 2.91. The molecule has 0 aliphatic heterocycles. The third-order valence-corrected chi connectivity index (χ3v) is 7.26. The molecule has 2 aliphatic carbocycles. The smallest absolute Gasteiger partial charge is 0.303 e. The van der Waals surface area contributed by atoms with Crippen LogP contribution in [0.4, 0.5) is 5.69 Å². The molecule has 0 saturated carbocycles. The molecule has 0 bridgehead atoms. The number of benzene rings is 2. The van der Waals surface area contributed by atoms with Crippen molar-refractivity contribution in [2.45, 2.75) is 64.8 Å². The van der Waals surface area contributed by atoms with Gasteiger partial charge in [-0.05, 0) is 79.8 Å². The zero-order chi connectivity index (χ0) is 27.1. The highest BCUT2D eigenvalue weighted by Gasteiger charge is 2.22. The van der Waals surface area contributed by atoms with Gasteiger partial charge in [-0.3, -0.25) is 14.4 Å². The highest BCUT2D eigenvalue weighted by atomic mass is 16.4. The summed E-state index contributed by atoms with van der Waals surface area (Å²) in [7, 11) is 0. The van der Waals surface area contributed by atoms with E-state index in [1.165, 1.54) is 5.56 Å². The van der Waals surface area contributed by atoms with E-state index in [0.29, 0.717) is 31.5 Å². The van der Waals surface area contributed by atoms with Crippen molar-refractivity contribution in [3.8, 4) is 0 Å². The Morgan fingerprint density at radius 1 is 1.11 bits per heavy atom. The fraction of sp³-hybridized carbons (Fsp3) is 0.344. The summed E-state index contributed by atoms with van der Waals surface area (Å²) in [5, 5.41) is 15.2. The van der Waals surface area contributed by atoms with E-state index in [2.05, 4.69) is 28.9 Å². The predicted molar refractivity (Wildman–Crippen MR) is 151 cm³/mol. The van der Waals surface area contributed by atoms with Crippen LogP contribution in [0.25, 0.3) is 6.08 Å². The van der Waals surface area contributed by atoms with Crippen molar-refractivity contribution in [3.63, 3.8) is 0 Å². The lowest BCUT2D eigenvalue weighted by molar-refractivity contribution is -0.137. The number of aryl methyl sites for hydroxylation is 2. The van der Waals surface area contributed by atoms with Gasteiger partial charge in [0.25, 0.3) is 0 Å². The number of hydrogen-bond acceptors (Lipinski definition) is 3. The molecule has 2 unspecified atom stereocenters. The molecular weight excluding hydrogens is 476 g/mol. The summed E-state index contributed by atoms with van der Waals surface area (Å²) in [6, 6.07) is 11.9. The molecule has 2 aliphatic rings. The van der Waals surface area contributed by atoms with Gasteiger partial charge < -0.3 is 15.7 Å². The number of allylic oxidation sites excluding steroid dienone is 4. The minimum absolute atomic E-state index is 0.0275. The predicted octanol–water partition coefficient (Wildman–Crippen LogP) is 5.93. The van der Waals surface area contributed by atoms with Gasteiger partial charge in [0.2, 0.25) is 11.8 Å². The van der Waals surface area contributed by atoms with Crippen molar-refractivity contribution in [2.24, 2.45) is 5.92 Å². The van der Waals surface area contributed by atoms with Gasteiger partial charge in [-0.2, -0.15) is 0 Å². The molecule has 6 nitrogen and oxygen atoms in total. The number of carbonyl (C=O) groups is 3. The maximum Gasteiger partial charge on any atom is 0.303 e. The number of carboxylic acid groups (broad SMARTS) is 1. The number of aliphatic carboxylic acids is 1. The van der Waals surface area contributed by atoms with Gasteiger partial charge >= 0.3 is 5.97 Å². The molecule has 0 heterocycles. The summed E-state index contributed by atoms with van der Waals surface area (Å²) < 4.78 is 0. The van der Waals surface area contributed by atoms with E-state index in [4.69, 9.17) is 5.11 Å². The molecular formula is C32H36N2O4. The Morgan fingerprint density at radius 2 is 1.95 bits per heavy atom. The van der Waals surface area contributed by atoms with Crippen molar-refractivity contribution in [1.82, 2.24) is 5.32 Å². The fourth-order valence-corrected chi connectivity index (χ4v) is 5.10. The van der Waals surface area contributed by atoms with E-state index in [-0.39, 0.29) is 30.1 Å². The molecule has 3 N–H and O–H groups in total. The molecule has 198 valence electrons. The zero-order valence-corrected chi connectivity index (χ0v) is 22.1. The summed E-state index contributed by atoms with van der Waals surface area (Å²) in [6.45, 7) is 4.24. The lowest BCUT2D eigenvalue weighted by atomic mass is 9.87. The first-order valence-corrected chi connectivity index (χ1v) is 13.4. The minimum Gasteiger partial charge on any atom is -0.481 e. The summed E-state index contributed by atoms with van der Waals surface area (Å²) in [6.07, 6.45) is 14.0. The van der Waals surface area contributed by atoms with Crippen LogP contribution in [0.15, 0.2) is 66.3 Å². The first-order valence-electron chi connectivity index (χ1n) is 13.4. The molecule has 38 heavy (non-hydrogen) atoms. The largest absolute Gasteiger partial charge is 0.481 e. The Balaban J connectivity index is 1.50. The van der Waals surface area contributed by atoms with Crippen molar-refractivity contribution in [2.75, 3.05) is 5.32 Å². The lowest BCUT2D eigenvalue weighted by Gasteiger charge is -2.21. The van der Waals surface area contributed by atoms with Gasteiger partial charge in [0.1, 0.15) is 0 Å². The quantitative estimate of drug-likeness (QED) is 0.367. The van der Waals surface area contributed by atoms with E-state index < -0.39 is 5.97 Å². The normalized spacial score (nSPS) is 16.8. The Kier molecular flexibility index (Phi) is 8.95. The summed E-state index contributed by atoms with van der Waals surface area (Å²) >= 11 is 0. The van der Waals surface area contributed by atoms with Crippen LogP contribution in [0, 0.1) is 5.92 Å². The number of amides is 2. The summed E-state index contributed by atoms with van der Waals surface area (Å²) in [5.41, 5.74) is 6.88. The van der Waals surface area contributed by atoms with Crippen LogP contribution in [0.2, 0.25) is 0 Å². The summed E-state index contributed by atoms with van der Waals surface area (Å²) in [4.78, 5) is 37.2. The van der Waals surface area contributed by atoms with Gasteiger partial charge in [0.15, 0.2) is 0 Å². The molecule has 0 radical (unpaired) electrons. The second kappa shape index (κ2) is 12.5. The van der Waals surface area contributed by atoms with Crippen molar-refractivity contribution in [1.29, 1.82) is 0 Å². The number of anilines is 1. The SMILES string of the molecule is CC1=CC(C(=O)NCc2ccc(CCCC(=O)O)c(NC(=O)C(C)c3cccc4c3C=CCC4)c2)CC=C1. The van der Waals surface area contributed by atoms with Gasteiger partial charge in [0, 0.05) is 18.7 Å². The number of nitrogens with one attached hydrogen (secondary N) is 2. The van der Waals surface area contributed by atoms with Gasteiger partial charge in [-0.25, -0.2) is 0 Å². The first kappa shape index (κ1) is 27.1. The number of fused-ring (bicyclic) bond motifs is 1.